The summed E-state index contributed by atoms with van der Waals surface area (Å²) < 4.78 is 3.82. The van der Waals surface area contributed by atoms with Crippen LogP contribution in [-0.4, -0.2) is 39.9 Å². The third-order valence-electron chi connectivity index (χ3n) is 7.00. The van der Waals surface area contributed by atoms with Gasteiger partial charge in [0.25, 0.3) is 5.56 Å². The Bertz CT molecular complexity index is 1000. The molecule has 3 atom stereocenters. The molecule has 0 spiro atoms. The molecule has 1 saturated carbocycles. The lowest BCUT2D eigenvalue weighted by atomic mass is 9.79. The van der Waals surface area contributed by atoms with Crippen LogP contribution in [0.4, 0.5) is 0 Å². The largest absolute Gasteiger partial charge is 0.354 e. The van der Waals surface area contributed by atoms with E-state index in [0.717, 1.165) is 56.0 Å². The van der Waals surface area contributed by atoms with Gasteiger partial charge in [-0.2, -0.15) is 5.10 Å². The van der Waals surface area contributed by atoms with Crippen LogP contribution in [-0.2, 0) is 11.3 Å². The van der Waals surface area contributed by atoms with Gasteiger partial charge in [0.15, 0.2) is 0 Å². The summed E-state index contributed by atoms with van der Waals surface area (Å²) in [6, 6.07) is 7.05. The van der Waals surface area contributed by atoms with Gasteiger partial charge in [0, 0.05) is 60.9 Å². The molecule has 29 heavy (non-hydrogen) atoms. The van der Waals surface area contributed by atoms with Gasteiger partial charge in [-0.1, -0.05) is 6.07 Å². The molecule has 3 aliphatic rings. The minimum atomic E-state index is -0.424. The van der Waals surface area contributed by atoms with Crippen LogP contribution in [0.1, 0.15) is 48.3 Å². The standard InChI is InChI=1S/C22H29N5O2/c1-14-8-15(2)26(25-14)13-22(6-7-22)12-24-21(29)20-17-9-16(10-23-11-17)18-4-3-5-19(28)27(18)20/h3-5,8,16-17,20,23H,6-7,9-13H2,1-2H3,(H,24,29)/t16-,17+,20-/m1/s1. The van der Waals surface area contributed by atoms with E-state index in [1.165, 1.54) is 0 Å². The molecule has 1 aliphatic carbocycles. The van der Waals surface area contributed by atoms with Crippen LogP contribution in [0.5, 0.6) is 0 Å². The van der Waals surface area contributed by atoms with Crippen molar-refractivity contribution in [1.29, 1.82) is 0 Å². The van der Waals surface area contributed by atoms with Gasteiger partial charge in [0.1, 0.15) is 6.04 Å². The Hall–Kier alpha value is -2.41. The first kappa shape index (κ1) is 18.6. The first-order valence-corrected chi connectivity index (χ1v) is 10.7. The number of aromatic nitrogens is 3. The number of hydrogen-bond donors (Lipinski definition) is 2. The predicted octanol–water partition coefficient (Wildman–Crippen LogP) is 1.51. The molecule has 0 aromatic carbocycles. The number of fused-ring (bicyclic) bond motifs is 4. The molecule has 2 aromatic heterocycles. The van der Waals surface area contributed by atoms with E-state index in [0.29, 0.717) is 12.5 Å². The lowest BCUT2D eigenvalue weighted by Crippen LogP contribution is -2.52. The molecule has 0 unspecified atom stereocenters. The van der Waals surface area contributed by atoms with Crippen molar-refractivity contribution >= 4 is 5.91 Å². The molecule has 0 radical (unpaired) electrons. The number of rotatable bonds is 5. The van der Waals surface area contributed by atoms with Gasteiger partial charge in [-0.3, -0.25) is 18.8 Å². The summed E-state index contributed by atoms with van der Waals surface area (Å²) in [4.78, 5) is 25.9. The average Bonchev–Trinajstić information content (AvgIpc) is 3.39. The molecular weight excluding hydrogens is 366 g/mol. The second-order valence-corrected chi connectivity index (χ2v) is 9.26. The Balaban J connectivity index is 1.34. The molecule has 1 amide bonds. The van der Waals surface area contributed by atoms with E-state index in [1.807, 2.05) is 19.1 Å². The monoisotopic (exact) mass is 395 g/mol. The molecule has 5 rings (SSSR count). The predicted molar refractivity (Wildman–Crippen MR) is 110 cm³/mol. The van der Waals surface area contributed by atoms with E-state index in [9.17, 15) is 9.59 Å². The fourth-order valence-corrected chi connectivity index (χ4v) is 5.23. The molecule has 2 aromatic rings. The molecule has 2 N–H and O–H groups in total. The Kier molecular flexibility index (Phi) is 4.38. The van der Waals surface area contributed by atoms with E-state index in [1.54, 1.807) is 10.6 Å². The Morgan fingerprint density at radius 2 is 2.14 bits per heavy atom. The molecule has 7 heteroatoms. The molecule has 4 heterocycles. The van der Waals surface area contributed by atoms with Crippen LogP contribution in [0.25, 0.3) is 0 Å². The van der Waals surface area contributed by atoms with E-state index in [2.05, 4.69) is 33.4 Å². The van der Waals surface area contributed by atoms with Crippen LogP contribution in [0, 0.1) is 25.2 Å². The molecule has 1 saturated heterocycles. The summed E-state index contributed by atoms with van der Waals surface area (Å²) in [5.41, 5.74) is 3.20. The van der Waals surface area contributed by atoms with Gasteiger partial charge in [0.2, 0.25) is 5.91 Å². The van der Waals surface area contributed by atoms with Crippen LogP contribution in [0.15, 0.2) is 29.1 Å². The van der Waals surface area contributed by atoms with Gasteiger partial charge in [-0.25, -0.2) is 0 Å². The number of pyridine rings is 1. The number of aryl methyl sites for hydroxylation is 2. The minimum Gasteiger partial charge on any atom is -0.354 e. The van der Waals surface area contributed by atoms with E-state index < -0.39 is 6.04 Å². The highest BCUT2D eigenvalue weighted by atomic mass is 16.2. The first-order valence-electron chi connectivity index (χ1n) is 10.7. The van der Waals surface area contributed by atoms with E-state index in [4.69, 9.17) is 0 Å². The van der Waals surface area contributed by atoms with Crippen molar-refractivity contribution in [3.63, 3.8) is 0 Å². The van der Waals surface area contributed by atoms with Crippen molar-refractivity contribution < 1.29 is 4.79 Å². The minimum absolute atomic E-state index is 0.0219. The highest BCUT2D eigenvalue weighted by molar-refractivity contribution is 5.81. The fourth-order valence-electron chi connectivity index (χ4n) is 5.23. The number of hydrogen-bond acceptors (Lipinski definition) is 4. The number of carbonyl (C=O) groups is 1. The lowest BCUT2D eigenvalue weighted by Gasteiger charge is -2.42. The molecular formula is C22H29N5O2. The zero-order valence-electron chi connectivity index (χ0n) is 17.1. The van der Waals surface area contributed by atoms with Gasteiger partial charge in [-0.05, 0) is 45.2 Å². The number of amides is 1. The first-order chi connectivity index (χ1) is 14.0. The smallest absolute Gasteiger partial charge is 0.251 e. The second-order valence-electron chi connectivity index (χ2n) is 9.26. The van der Waals surface area contributed by atoms with Crippen molar-refractivity contribution in [3.05, 3.63) is 51.7 Å². The number of carbonyl (C=O) groups excluding carboxylic acids is 1. The summed E-state index contributed by atoms with van der Waals surface area (Å²) in [5.74, 6) is 0.450. The Morgan fingerprint density at radius 1 is 1.31 bits per heavy atom. The van der Waals surface area contributed by atoms with E-state index in [-0.39, 0.29) is 22.8 Å². The maximum atomic E-state index is 13.3. The van der Waals surface area contributed by atoms with Gasteiger partial charge in [-0.15, -0.1) is 0 Å². The van der Waals surface area contributed by atoms with Crippen molar-refractivity contribution in [3.8, 4) is 0 Å². The summed E-state index contributed by atoms with van der Waals surface area (Å²) in [6.07, 6.45) is 3.16. The van der Waals surface area contributed by atoms with Crippen molar-refractivity contribution in [2.45, 2.75) is 51.6 Å². The maximum absolute atomic E-state index is 13.3. The average molecular weight is 396 g/mol. The maximum Gasteiger partial charge on any atom is 0.251 e. The normalized spacial score (nSPS) is 26.6. The number of nitrogens with one attached hydrogen (secondary N) is 2. The highest BCUT2D eigenvalue weighted by Crippen LogP contribution is 2.47. The third kappa shape index (κ3) is 3.31. The Morgan fingerprint density at radius 3 is 2.86 bits per heavy atom. The van der Waals surface area contributed by atoms with Gasteiger partial charge < -0.3 is 10.6 Å². The molecule has 2 aliphatic heterocycles. The SMILES string of the molecule is Cc1cc(C)n(CC2(CNC(=O)[C@H]3[C@@H]4CNC[C@@H](C4)c4cccc(=O)n43)CC2)n1. The van der Waals surface area contributed by atoms with Gasteiger partial charge in [0.05, 0.1) is 5.69 Å². The molecule has 2 bridgehead atoms. The summed E-state index contributed by atoms with van der Waals surface area (Å²) >= 11 is 0. The number of nitrogens with zero attached hydrogens (tertiary/aromatic N) is 3. The van der Waals surface area contributed by atoms with Crippen molar-refractivity contribution in [2.24, 2.45) is 11.3 Å². The Labute approximate surface area is 170 Å². The van der Waals surface area contributed by atoms with Crippen LogP contribution >= 0.6 is 0 Å². The summed E-state index contributed by atoms with van der Waals surface area (Å²) in [5, 5.41) is 11.2. The van der Waals surface area contributed by atoms with Crippen molar-refractivity contribution in [2.75, 3.05) is 19.6 Å². The molecule has 7 nitrogen and oxygen atoms in total. The van der Waals surface area contributed by atoms with E-state index >= 15 is 0 Å². The van der Waals surface area contributed by atoms with Gasteiger partial charge >= 0.3 is 0 Å². The summed E-state index contributed by atoms with van der Waals surface area (Å²) in [6.45, 7) is 7.22. The van der Waals surface area contributed by atoms with Crippen molar-refractivity contribution in [1.82, 2.24) is 25.0 Å². The van der Waals surface area contributed by atoms with Crippen LogP contribution in [0.3, 0.4) is 0 Å². The quantitative estimate of drug-likeness (QED) is 0.804. The summed E-state index contributed by atoms with van der Waals surface area (Å²) in [7, 11) is 0. The molecule has 2 fully saturated rings. The zero-order chi connectivity index (χ0) is 20.2. The molecule has 154 valence electrons. The number of piperidine rings is 1. The highest BCUT2D eigenvalue weighted by Gasteiger charge is 2.46. The fraction of sp³-hybridized carbons (Fsp3) is 0.591. The second kappa shape index (κ2) is 6.83. The van der Waals surface area contributed by atoms with Crippen LogP contribution < -0.4 is 16.2 Å². The lowest BCUT2D eigenvalue weighted by molar-refractivity contribution is -0.127. The van der Waals surface area contributed by atoms with Crippen LogP contribution in [0.2, 0.25) is 0 Å². The third-order valence-corrected chi connectivity index (χ3v) is 7.00. The zero-order valence-corrected chi connectivity index (χ0v) is 17.1. The topological polar surface area (TPSA) is 81.0 Å².